The van der Waals surface area contributed by atoms with E-state index in [1.165, 1.54) is 0 Å². The van der Waals surface area contributed by atoms with E-state index in [1.807, 2.05) is 36.4 Å². The van der Waals surface area contributed by atoms with Crippen molar-refractivity contribution in [3.8, 4) is 0 Å². The molecule has 0 bridgehead atoms. The Balaban J connectivity index is 1.53. The number of hydrogen-bond acceptors (Lipinski definition) is 5. The first-order valence-electron chi connectivity index (χ1n) is 9.09. The molecule has 138 valence electrons. The zero-order valence-corrected chi connectivity index (χ0v) is 14.8. The van der Waals surface area contributed by atoms with E-state index in [1.54, 1.807) is 23.1 Å². The third kappa shape index (κ3) is 3.69. The molecule has 2 aromatic carbocycles. The number of benzene rings is 2. The highest BCUT2D eigenvalue weighted by Gasteiger charge is 2.31. The van der Waals surface area contributed by atoms with Gasteiger partial charge in [0, 0.05) is 24.0 Å². The van der Waals surface area contributed by atoms with Crippen LogP contribution in [0.5, 0.6) is 0 Å². The number of fused-ring (bicyclic) bond motifs is 1. The molecule has 0 aliphatic carbocycles. The van der Waals surface area contributed by atoms with Crippen molar-refractivity contribution in [2.45, 2.75) is 25.4 Å². The quantitative estimate of drug-likeness (QED) is 0.650. The monoisotopic (exact) mass is 364 g/mol. The minimum absolute atomic E-state index is 0.0480. The highest BCUT2D eigenvalue weighted by atomic mass is 16.5. The van der Waals surface area contributed by atoms with Crippen molar-refractivity contribution < 1.29 is 18.8 Å². The van der Waals surface area contributed by atoms with Crippen LogP contribution in [0.15, 0.2) is 59.1 Å². The van der Waals surface area contributed by atoms with Gasteiger partial charge in [0.25, 0.3) is 5.91 Å². The molecule has 1 amide bonds. The van der Waals surface area contributed by atoms with Gasteiger partial charge in [-0.3, -0.25) is 9.59 Å². The molecule has 3 aromatic rings. The molecule has 1 fully saturated rings. The summed E-state index contributed by atoms with van der Waals surface area (Å²) in [4.78, 5) is 27.3. The molecule has 0 spiro atoms. The first-order valence-corrected chi connectivity index (χ1v) is 9.09. The number of likely N-dealkylation sites (tertiary alicyclic amines) is 1. The first-order chi connectivity index (χ1) is 13.2. The second-order valence-corrected chi connectivity index (χ2v) is 6.62. The number of rotatable bonds is 5. The van der Waals surface area contributed by atoms with Crippen molar-refractivity contribution in [2.75, 3.05) is 13.1 Å². The standard InChI is InChI=1S/C21H20N2O4/c24-19(14-17-16-10-4-5-11-18(16)27-22-17)26-20(15-8-2-1-3-9-15)21(25)23-12-6-7-13-23/h1-5,8-11,20H,6-7,12-14H2/t20-/m1/s1. The number of nitrogens with zero attached hydrogens (tertiary/aromatic N) is 2. The maximum atomic E-state index is 12.9. The highest BCUT2D eigenvalue weighted by Crippen LogP contribution is 2.24. The number of ether oxygens (including phenoxy) is 1. The Morgan fingerprint density at radius 3 is 2.52 bits per heavy atom. The van der Waals surface area contributed by atoms with Crippen molar-refractivity contribution in [1.29, 1.82) is 0 Å². The molecule has 1 aliphatic heterocycles. The predicted molar refractivity (Wildman–Crippen MR) is 98.8 cm³/mol. The number of amides is 1. The van der Waals surface area contributed by atoms with Crippen LogP contribution in [-0.4, -0.2) is 35.0 Å². The fourth-order valence-corrected chi connectivity index (χ4v) is 3.37. The average Bonchev–Trinajstić information content (AvgIpc) is 3.37. The summed E-state index contributed by atoms with van der Waals surface area (Å²) in [7, 11) is 0. The predicted octanol–water partition coefficient (Wildman–Crippen LogP) is 3.28. The Morgan fingerprint density at radius 1 is 1.04 bits per heavy atom. The fraction of sp³-hybridized carbons (Fsp3) is 0.286. The number of esters is 1. The Kier molecular flexibility index (Phi) is 4.87. The van der Waals surface area contributed by atoms with E-state index in [-0.39, 0.29) is 12.3 Å². The summed E-state index contributed by atoms with van der Waals surface area (Å²) in [5, 5.41) is 4.74. The third-order valence-corrected chi connectivity index (χ3v) is 4.76. The Hall–Kier alpha value is -3.15. The van der Waals surface area contributed by atoms with E-state index in [0.29, 0.717) is 29.9 Å². The molecule has 2 heterocycles. The second-order valence-electron chi connectivity index (χ2n) is 6.62. The number of para-hydroxylation sites is 1. The maximum Gasteiger partial charge on any atom is 0.313 e. The first kappa shape index (κ1) is 17.3. The molecule has 4 rings (SSSR count). The van der Waals surface area contributed by atoms with Crippen LogP contribution in [0.25, 0.3) is 11.0 Å². The van der Waals surface area contributed by atoms with Crippen molar-refractivity contribution in [3.63, 3.8) is 0 Å². The summed E-state index contributed by atoms with van der Waals surface area (Å²) in [5.41, 5.74) is 1.80. The zero-order valence-electron chi connectivity index (χ0n) is 14.8. The Labute approximate surface area is 156 Å². The summed E-state index contributed by atoms with van der Waals surface area (Å²) in [5.74, 6) is -0.674. The van der Waals surface area contributed by atoms with Crippen molar-refractivity contribution in [3.05, 3.63) is 65.9 Å². The van der Waals surface area contributed by atoms with E-state index >= 15 is 0 Å². The van der Waals surface area contributed by atoms with E-state index in [0.717, 1.165) is 18.2 Å². The van der Waals surface area contributed by atoms with Gasteiger partial charge in [-0.25, -0.2) is 0 Å². The van der Waals surface area contributed by atoms with Gasteiger partial charge in [-0.15, -0.1) is 0 Å². The molecule has 0 N–H and O–H groups in total. The maximum absolute atomic E-state index is 12.9. The van der Waals surface area contributed by atoms with Crippen LogP contribution in [0.3, 0.4) is 0 Å². The van der Waals surface area contributed by atoms with Gasteiger partial charge in [-0.1, -0.05) is 47.6 Å². The van der Waals surface area contributed by atoms with Gasteiger partial charge in [0.15, 0.2) is 5.58 Å². The lowest BCUT2D eigenvalue weighted by molar-refractivity contribution is -0.160. The second kappa shape index (κ2) is 7.61. The number of aromatic nitrogens is 1. The van der Waals surface area contributed by atoms with Gasteiger partial charge in [-0.2, -0.15) is 0 Å². The van der Waals surface area contributed by atoms with Crippen LogP contribution >= 0.6 is 0 Å². The van der Waals surface area contributed by atoms with Crippen molar-refractivity contribution in [2.24, 2.45) is 0 Å². The van der Waals surface area contributed by atoms with E-state index < -0.39 is 12.1 Å². The SMILES string of the molecule is O=C(Cc1noc2ccccc12)O[C@@H](C(=O)N1CCCC1)c1ccccc1. The van der Waals surface area contributed by atoms with Gasteiger partial charge in [0.1, 0.15) is 5.69 Å². The Bertz CT molecular complexity index is 945. The lowest BCUT2D eigenvalue weighted by Gasteiger charge is -2.23. The molecule has 0 unspecified atom stereocenters. The summed E-state index contributed by atoms with van der Waals surface area (Å²) >= 11 is 0. The molecule has 6 nitrogen and oxygen atoms in total. The van der Waals surface area contributed by atoms with Gasteiger partial charge >= 0.3 is 5.97 Å². The van der Waals surface area contributed by atoms with Gasteiger partial charge in [-0.05, 0) is 25.0 Å². The van der Waals surface area contributed by atoms with Gasteiger partial charge < -0.3 is 14.2 Å². The lowest BCUT2D eigenvalue weighted by Crippen LogP contribution is -2.35. The Morgan fingerprint density at radius 2 is 1.74 bits per heavy atom. The summed E-state index contributed by atoms with van der Waals surface area (Å²) < 4.78 is 10.9. The smallest absolute Gasteiger partial charge is 0.313 e. The lowest BCUT2D eigenvalue weighted by atomic mass is 10.1. The van der Waals surface area contributed by atoms with E-state index in [2.05, 4.69) is 5.16 Å². The van der Waals surface area contributed by atoms with Crippen LogP contribution in [0.4, 0.5) is 0 Å². The zero-order chi connectivity index (χ0) is 18.6. The normalized spacial score (nSPS) is 15.0. The summed E-state index contributed by atoms with van der Waals surface area (Å²) in [6, 6.07) is 16.5. The molecular weight excluding hydrogens is 344 g/mol. The highest BCUT2D eigenvalue weighted by molar-refractivity contribution is 5.87. The minimum Gasteiger partial charge on any atom is -0.447 e. The minimum atomic E-state index is -0.935. The van der Waals surface area contributed by atoms with Crippen molar-refractivity contribution in [1.82, 2.24) is 10.1 Å². The van der Waals surface area contributed by atoms with Crippen LogP contribution in [0.2, 0.25) is 0 Å². The number of carbonyl (C=O) groups is 2. The fourth-order valence-electron chi connectivity index (χ4n) is 3.37. The van der Waals surface area contributed by atoms with Crippen LogP contribution in [0.1, 0.15) is 30.2 Å². The molecule has 1 saturated heterocycles. The molecule has 27 heavy (non-hydrogen) atoms. The molecule has 0 radical (unpaired) electrons. The molecule has 0 saturated carbocycles. The van der Waals surface area contributed by atoms with Crippen LogP contribution in [-0.2, 0) is 20.7 Å². The van der Waals surface area contributed by atoms with Gasteiger partial charge in [0.05, 0.1) is 6.42 Å². The molecule has 1 aromatic heterocycles. The van der Waals surface area contributed by atoms with Crippen molar-refractivity contribution >= 4 is 22.8 Å². The molecule has 1 atom stereocenters. The molecule has 6 heteroatoms. The van der Waals surface area contributed by atoms with Gasteiger partial charge in [0.2, 0.25) is 6.10 Å². The number of carbonyl (C=O) groups excluding carboxylic acids is 2. The average molecular weight is 364 g/mol. The van der Waals surface area contributed by atoms with E-state index in [9.17, 15) is 9.59 Å². The summed E-state index contributed by atoms with van der Waals surface area (Å²) in [6.07, 6.45) is 0.973. The largest absolute Gasteiger partial charge is 0.447 e. The third-order valence-electron chi connectivity index (χ3n) is 4.76. The van der Waals surface area contributed by atoms with E-state index in [4.69, 9.17) is 9.26 Å². The molecular formula is C21H20N2O4. The van der Waals surface area contributed by atoms with Crippen LogP contribution in [0, 0.1) is 0 Å². The number of hydrogen-bond donors (Lipinski definition) is 0. The summed E-state index contributed by atoms with van der Waals surface area (Å²) in [6.45, 7) is 1.40. The van der Waals surface area contributed by atoms with Crippen LogP contribution < -0.4 is 0 Å². The molecule has 1 aliphatic rings. The topological polar surface area (TPSA) is 72.6 Å².